The predicted molar refractivity (Wildman–Crippen MR) is 73.0 cm³/mol. The summed E-state index contributed by atoms with van der Waals surface area (Å²) in [6.07, 6.45) is 1.68. The molecule has 2 aromatic heterocycles. The average molecular weight is 252 g/mol. The summed E-state index contributed by atoms with van der Waals surface area (Å²) in [5.41, 5.74) is 1.93. The van der Waals surface area contributed by atoms with Gasteiger partial charge in [-0.25, -0.2) is 9.78 Å². The van der Waals surface area contributed by atoms with Crippen LogP contribution in [0.1, 0.15) is 17.4 Å². The van der Waals surface area contributed by atoms with E-state index >= 15 is 0 Å². The number of carbonyl (C=O) groups excluding carboxylic acids is 1. The fourth-order valence-electron chi connectivity index (χ4n) is 2.06. The lowest BCUT2D eigenvalue weighted by Gasteiger charge is -2.05. The number of hydrogen-bond donors (Lipinski definition) is 0. The van der Waals surface area contributed by atoms with Crippen molar-refractivity contribution in [3.8, 4) is 0 Å². The molecule has 2 heterocycles. The Kier molecular flexibility index (Phi) is 2.83. The molecule has 94 valence electrons. The number of para-hydroxylation sites is 1. The Morgan fingerprint density at radius 3 is 2.74 bits per heavy atom. The van der Waals surface area contributed by atoms with Crippen LogP contribution in [0.4, 0.5) is 0 Å². The Morgan fingerprint density at radius 1 is 1.11 bits per heavy atom. The molecule has 1 aromatic carbocycles. The highest BCUT2D eigenvalue weighted by Gasteiger charge is 2.10. The molecule has 0 fully saturated rings. The fraction of sp³-hybridized carbons (Fsp3) is 0.133. The lowest BCUT2D eigenvalue weighted by molar-refractivity contribution is 0.0520. The fourth-order valence-corrected chi connectivity index (χ4v) is 2.06. The molecule has 0 aliphatic rings. The molecular formula is C15H12N2O2. The molecule has 0 spiro atoms. The number of carbonyl (C=O) groups is 1. The van der Waals surface area contributed by atoms with Crippen LogP contribution in [-0.4, -0.2) is 22.5 Å². The molecule has 4 heteroatoms. The summed E-state index contributed by atoms with van der Waals surface area (Å²) in [5.74, 6) is -0.405. The zero-order valence-electron chi connectivity index (χ0n) is 10.5. The molecular weight excluding hydrogens is 240 g/mol. The van der Waals surface area contributed by atoms with E-state index in [1.807, 2.05) is 30.3 Å². The SMILES string of the molecule is CCOC(=O)c1ccc2c(cnc3ccccc32)n1. The van der Waals surface area contributed by atoms with Crippen LogP contribution < -0.4 is 0 Å². The van der Waals surface area contributed by atoms with Crippen molar-refractivity contribution in [1.82, 2.24) is 9.97 Å². The third-order valence-electron chi connectivity index (χ3n) is 2.93. The Hall–Kier alpha value is -2.49. The van der Waals surface area contributed by atoms with Crippen LogP contribution in [0, 0.1) is 0 Å². The van der Waals surface area contributed by atoms with E-state index in [1.54, 1.807) is 19.2 Å². The summed E-state index contributed by atoms with van der Waals surface area (Å²) < 4.78 is 4.94. The van der Waals surface area contributed by atoms with Gasteiger partial charge in [-0.3, -0.25) is 4.98 Å². The molecule has 3 aromatic rings. The van der Waals surface area contributed by atoms with Gasteiger partial charge in [-0.2, -0.15) is 0 Å². The van der Waals surface area contributed by atoms with Crippen LogP contribution >= 0.6 is 0 Å². The van der Waals surface area contributed by atoms with E-state index in [0.29, 0.717) is 17.8 Å². The molecule has 3 rings (SSSR count). The molecule has 0 aliphatic heterocycles. The van der Waals surface area contributed by atoms with Gasteiger partial charge in [-0.05, 0) is 25.1 Å². The van der Waals surface area contributed by atoms with Crippen molar-refractivity contribution in [3.05, 3.63) is 48.3 Å². The van der Waals surface area contributed by atoms with Gasteiger partial charge in [0.2, 0.25) is 0 Å². The monoisotopic (exact) mass is 252 g/mol. The standard InChI is InChI=1S/C15H12N2O2/c1-2-19-15(18)13-8-7-11-10-5-3-4-6-12(10)16-9-14(11)17-13/h3-9H,2H2,1H3. The average Bonchev–Trinajstić information content (AvgIpc) is 2.46. The Bertz CT molecular complexity index is 768. The minimum absolute atomic E-state index is 0.312. The van der Waals surface area contributed by atoms with Gasteiger partial charge in [0, 0.05) is 10.8 Å². The van der Waals surface area contributed by atoms with Gasteiger partial charge in [0.1, 0.15) is 5.69 Å². The zero-order chi connectivity index (χ0) is 13.2. The Labute approximate surface area is 110 Å². The van der Waals surface area contributed by atoms with Gasteiger partial charge < -0.3 is 4.74 Å². The summed E-state index contributed by atoms with van der Waals surface area (Å²) in [6.45, 7) is 2.11. The quantitative estimate of drug-likeness (QED) is 0.519. The van der Waals surface area contributed by atoms with Crippen molar-refractivity contribution in [1.29, 1.82) is 0 Å². The van der Waals surface area contributed by atoms with Gasteiger partial charge in [0.15, 0.2) is 0 Å². The first-order valence-corrected chi connectivity index (χ1v) is 6.11. The number of fused-ring (bicyclic) bond motifs is 3. The highest BCUT2D eigenvalue weighted by molar-refractivity contribution is 6.04. The third kappa shape index (κ3) is 2.01. The van der Waals surface area contributed by atoms with Crippen molar-refractivity contribution in [2.24, 2.45) is 0 Å². The maximum absolute atomic E-state index is 11.6. The normalized spacial score (nSPS) is 10.8. The molecule has 0 bridgehead atoms. The van der Waals surface area contributed by atoms with Gasteiger partial charge in [0.05, 0.1) is 23.8 Å². The maximum atomic E-state index is 11.6. The van der Waals surface area contributed by atoms with E-state index in [9.17, 15) is 4.79 Å². The summed E-state index contributed by atoms with van der Waals surface area (Å²) in [6, 6.07) is 11.4. The van der Waals surface area contributed by atoms with E-state index in [-0.39, 0.29) is 0 Å². The molecule has 0 saturated heterocycles. The zero-order valence-corrected chi connectivity index (χ0v) is 10.5. The van der Waals surface area contributed by atoms with E-state index in [4.69, 9.17) is 4.74 Å². The van der Waals surface area contributed by atoms with Crippen LogP contribution in [0.25, 0.3) is 21.8 Å². The minimum atomic E-state index is -0.405. The molecule has 4 nitrogen and oxygen atoms in total. The predicted octanol–water partition coefficient (Wildman–Crippen LogP) is 2.96. The maximum Gasteiger partial charge on any atom is 0.356 e. The number of rotatable bonds is 2. The second kappa shape index (κ2) is 4.65. The molecule has 0 amide bonds. The van der Waals surface area contributed by atoms with E-state index in [0.717, 1.165) is 16.3 Å². The van der Waals surface area contributed by atoms with E-state index in [1.165, 1.54) is 0 Å². The smallest absolute Gasteiger partial charge is 0.356 e. The first kappa shape index (κ1) is 11.6. The van der Waals surface area contributed by atoms with Crippen molar-refractivity contribution < 1.29 is 9.53 Å². The number of hydrogen-bond acceptors (Lipinski definition) is 4. The molecule has 0 atom stereocenters. The second-order valence-electron chi connectivity index (χ2n) is 4.13. The number of benzene rings is 1. The van der Waals surface area contributed by atoms with Crippen LogP contribution in [0.2, 0.25) is 0 Å². The molecule has 19 heavy (non-hydrogen) atoms. The van der Waals surface area contributed by atoms with Gasteiger partial charge >= 0.3 is 5.97 Å². The number of aromatic nitrogens is 2. The van der Waals surface area contributed by atoms with E-state index < -0.39 is 5.97 Å². The lowest BCUT2D eigenvalue weighted by Crippen LogP contribution is -2.06. The first-order chi connectivity index (χ1) is 9.29. The number of nitrogens with zero attached hydrogens (tertiary/aromatic N) is 2. The van der Waals surface area contributed by atoms with Crippen LogP contribution in [0.3, 0.4) is 0 Å². The minimum Gasteiger partial charge on any atom is -0.461 e. The van der Waals surface area contributed by atoms with Crippen LogP contribution in [0.15, 0.2) is 42.6 Å². The summed E-state index contributed by atoms with van der Waals surface area (Å²) in [4.78, 5) is 20.3. The van der Waals surface area contributed by atoms with Crippen molar-refractivity contribution in [2.45, 2.75) is 6.92 Å². The van der Waals surface area contributed by atoms with Crippen molar-refractivity contribution in [2.75, 3.05) is 6.61 Å². The molecule has 0 aliphatic carbocycles. The summed E-state index contributed by atoms with van der Waals surface area (Å²) in [7, 11) is 0. The van der Waals surface area contributed by atoms with Crippen molar-refractivity contribution >= 4 is 27.8 Å². The second-order valence-corrected chi connectivity index (χ2v) is 4.13. The van der Waals surface area contributed by atoms with Gasteiger partial charge in [0.25, 0.3) is 0 Å². The van der Waals surface area contributed by atoms with Crippen LogP contribution in [0.5, 0.6) is 0 Å². The molecule has 0 N–H and O–H groups in total. The van der Waals surface area contributed by atoms with Crippen LogP contribution in [-0.2, 0) is 4.74 Å². The third-order valence-corrected chi connectivity index (χ3v) is 2.93. The topological polar surface area (TPSA) is 52.1 Å². The first-order valence-electron chi connectivity index (χ1n) is 6.11. The Morgan fingerprint density at radius 2 is 1.89 bits per heavy atom. The number of esters is 1. The highest BCUT2D eigenvalue weighted by atomic mass is 16.5. The lowest BCUT2D eigenvalue weighted by atomic mass is 10.1. The number of pyridine rings is 2. The Balaban J connectivity index is 2.20. The molecule has 0 radical (unpaired) electrons. The summed E-state index contributed by atoms with van der Waals surface area (Å²) in [5, 5.41) is 2.02. The van der Waals surface area contributed by atoms with Gasteiger partial charge in [-0.1, -0.05) is 18.2 Å². The van der Waals surface area contributed by atoms with E-state index in [2.05, 4.69) is 9.97 Å². The number of ether oxygens (including phenoxy) is 1. The van der Waals surface area contributed by atoms with Crippen molar-refractivity contribution in [3.63, 3.8) is 0 Å². The largest absolute Gasteiger partial charge is 0.461 e. The van der Waals surface area contributed by atoms with Gasteiger partial charge in [-0.15, -0.1) is 0 Å². The molecule has 0 saturated carbocycles. The molecule has 0 unspecified atom stereocenters. The highest BCUT2D eigenvalue weighted by Crippen LogP contribution is 2.22. The summed E-state index contributed by atoms with van der Waals surface area (Å²) >= 11 is 0.